The number of nitrogens with one attached hydrogen (secondary N) is 1. The molecule has 0 saturated carbocycles. The lowest BCUT2D eigenvalue weighted by Crippen LogP contribution is -2.41. The second-order valence-corrected chi connectivity index (χ2v) is 9.72. The van der Waals surface area contributed by atoms with Gasteiger partial charge in [0, 0.05) is 24.3 Å². The molecular weight excluding hydrogens is 436 g/mol. The van der Waals surface area contributed by atoms with Gasteiger partial charge in [0.05, 0.1) is 7.11 Å². The first-order valence-corrected chi connectivity index (χ1v) is 12.8. The van der Waals surface area contributed by atoms with Crippen molar-refractivity contribution in [2.45, 2.75) is 129 Å². The van der Waals surface area contributed by atoms with E-state index in [-0.39, 0.29) is 24.8 Å². The minimum atomic E-state index is -0.770. The molecule has 0 bridgehead atoms. The van der Waals surface area contributed by atoms with Gasteiger partial charge >= 0.3 is 11.9 Å². The van der Waals surface area contributed by atoms with Gasteiger partial charge in [-0.25, -0.2) is 4.79 Å². The molecule has 1 amide bonds. The molecule has 1 unspecified atom stereocenters. The molecule has 0 spiro atoms. The molecule has 0 fully saturated rings. The van der Waals surface area contributed by atoms with Gasteiger partial charge in [-0.2, -0.15) is 0 Å². The first kappa shape index (κ1) is 31.7. The third kappa shape index (κ3) is 20.3. The van der Waals surface area contributed by atoms with E-state index in [9.17, 15) is 14.4 Å². The Balaban J connectivity index is 3.57. The van der Waals surface area contributed by atoms with Crippen LogP contribution in [0.5, 0.6) is 0 Å². The Kier molecular flexibility index (Phi) is 18.8. The first-order valence-electron chi connectivity index (χ1n) is 12.8. The van der Waals surface area contributed by atoms with Crippen molar-refractivity contribution in [3.63, 3.8) is 0 Å². The van der Waals surface area contributed by atoms with Crippen LogP contribution in [0.2, 0.25) is 0 Å². The molecule has 1 N–H and O–H groups in total. The zero-order valence-electron chi connectivity index (χ0n) is 21.8. The van der Waals surface area contributed by atoms with Crippen LogP contribution in [0.4, 0.5) is 0 Å². The number of carbonyl (C=O) groups excluding carboxylic acids is 3. The molecule has 0 heterocycles. The highest BCUT2D eigenvalue weighted by atomic mass is 16.6. The molecule has 196 valence electrons. The first-order chi connectivity index (χ1) is 16.2. The van der Waals surface area contributed by atoms with Crippen molar-refractivity contribution in [1.82, 2.24) is 5.32 Å². The molecule has 0 rings (SSSR count). The van der Waals surface area contributed by atoms with E-state index >= 15 is 0 Å². The van der Waals surface area contributed by atoms with Gasteiger partial charge in [0.15, 0.2) is 0 Å². The standard InChI is InChI=1S/C25H46N4O5/c1-25(2,3)34-23(31)18-16-14-12-10-8-6-5-7-9-11-13-15-17-22(30)28-21(24(32)33-4)19-20-27-29-26/h21H,5-20H2,1-4H3,(H,28,30). The predicted molar refractivity (Wildman–Crippen MR) is 133 cm³/mol. The number of carbonyl (C=O) groups is 3. The Hall–Kier alpha value is -2.28. The number of amides is 1. The maximum Gasteiger partial charge on any atom is 0.328 e. The van der Waals surface area contributed by atoms with Gasteiger partial charge in [0.2, 0.25) is 5.91 Å². The second-order valence-electron chi connectivity index (χ2n) is 9.72. The van der Waals surface area contributed by atoms with E-state index in [0.29, 0.717) is 12.8 Å². The number of methoxy groups -OCH3 is 1. The Labute approximate surface area is 205 Å². The lowest BCUT2D eigenvalue weighted by atomic mass is 10.0. The number of esters is 2. The van der Waals surface area contributed by atoms with Crippen molar-refractivity contribution in [2.24, 2.45) is 5.11 Å². The second kappa shape index (κ2) is 20.1. The number of nitrogens with zero attached hydrogens (tertiary/aromatic N) is 3. The molecule has 0 aromatic carbocycles. The summed E-state index contributed by atoms with van der Waals surface area (Å²) in [5.74, 6) is -0.800. The summed E-state index contributed by atoms with van der Waals surface area (Å²) in [7, 11) is 1.27. The van der Waals surface area contributed by atoms with Crippen molar-refractivity contribution >= 4 is 17.8 Å². The van der Waals surface area contributed by atoms with Crippen LogP contribution in [0.3, 0.4) is 0 Å². The van der Waals surface area contributed by atoms with E-state index in [1.165, 1.54) is 52.1 Å². The van der Waals surface area contributed by atoms with E-state index in [1.807, 2.05) is 20.8 Å². The van der Waals surface area contributed by atoms with Crippen LogP contribution in [-0.2, 0) is 23.9 Å². The zero-order chi connectivity index (χ0) is 25.7. The monoisotopic (exact) mass is 482 g/mol. The molecule has 34 heavy (non-hydrogen) atoms. The Morgan fingerprint density at radius 1 is 0.853 bits per heavy atom. The number of ether oxygens (including phenoxy) is 2. The largest absolute Gasteiger partial charge is 0.467 e. The van der Waals surface area contributed by atoms with Gasteiger partial charge in [0.1, 0.15) is 11.6 Å². The summed E-state index contributed by atoms with van der Waals surface area (Å²) < 4.78 is 10.00. The maximum atomic E-state index is 12.1. The van der Waals surface area contributed by atoms with Crippen molar-refractivity contribution in [3.8, 4) is 0 Å². The Morgan fingerprint density at radius 2 is 1.32 bits per heavy atom. The van der Waals surface area contributed by atoms with Crippen LogP contribution in [-0.4, -0.2) is 43.1 Å². The van der Waals surface area contributed by atoms with Gasteiger partial charge in [-0.15, -0.1) is 0 Å². The molecule has 1 atom stereocenters. The smallest absolute Gasteiger partial charge is 0.328 e. The highest BCUT2D eigenvalue weighted by molar-refractivity contribution is 5.84. The normalized spacial score (nSPS) is 11.9. The molecule has 0 aliphatic heterocycles. The van der Waals surface area contributed by atoms with Gasteiger partial charge < -0.3 is 14.8 Å². The lowest BCUT2D eigenvalue weighted by molar-refractivity contribution is -0.155. The Bertz CT molecular complexity index is 627. The van der Waals surface area contributed by atoms with Crippen molar-refractivity contribution in [3.05, 3.63) is 10.4 Å². The van der Waals surface area contributed by atoms with Gasteiger partial charge in [-0.05, 0) is 45.6 Å². The fourth-order valence-electron chi connectivity index (χ4n) is 3.60. The molecule has 0 radical (unpaired) electrons. The number of unbranched alkanes of at least 4 members (excludes halogenated alkanes) is 11. The molecule has 0 aliphatic rings. The summed E-state index contributed by atoms with van der Waals surface area (Å²) in [6, 6.07) is -0.770. The number of rotatable bonds is 20. The third-order valence-electron chi connectivity index (χ3n) is 5.36. The van der Waals surface area contributed by atoms with Crippen LogP contribution in [0.15, 0.2) is 5.11 Å². The lowest BCUT2D eigenvalue weighted by Gasteiger charge is -2.19. The molecule has 0 aromatic heterocycles. The topological polar surface area (TPSA) is 130 Å². The van der Waals surface area contributed by atoms with Crippen molar-refractivity contribution in [2.75, 3.05) is 13.7 Å². The summed E-state index contributed by atoms with van der Waals surface area (Å²) >= 11 is 0. The molecule has 9 heteroatoms. The molecule has 9 nitrogen and oxygen atoms in total. The summed E-state index contributed by atoms with van der Waals surface area (Å²) in [6.45, 7) is 5.81. The van der Waals surface area contributed by atoms with Crippen LogP contribution in [0.1, 0.15) is 117 Å². The minimum absolute atomic E-state index is 0.0965. The molecule has 0 saturated heterocycles. The number of hydrogen-bond donors (Lipinski definition) is 1. The van der Waals surface area contributed by atoms with Crippen LogP contribution in [0, 0.1) is 0 Å². The van der Waals surface area contributed by atoms with Gasteiger partial charge in [0.25, 0.3) is 0 Å². The SMILES string of the molecule is COC(=O)C(CCN=[N+]=[N-])NC(=O)CCCCCCCCCCCCCCC(=O)OC(C)(C)C. The average molecular weight is 483 g/mol. The molecule has 0 aliphatic carbocycles. The zero-order valence-corrected chi connectivity index (χ0v) is 21.8. The average Bonchev–Trinajstić information content (AvgIpc) is 2.77. The number of azide groups is 1. The molecule has 0 aromatic rings. The van der Waals surface area contributed by atoms with Crippen LogP contribution >= 0.6 is 0 Å². The summed E-state index contributed by atoms with van der Waals surface area (Å²) in [4.78, 5) is 38.1. The van der Waals surface area contributed by atoms with Crippen molar-refractivity contribution in [1.29, 1.82) is 0 Å². The van der Waals surface area contributed by atoms with Crippen molar-refractivity contribution < 1.29 is 23.9 Å². The third-order valence-corrected chi connectivity index (χ3v) is 5.36. The summed E-state index contributed by atoms with van der Waals surface area (Å²) in [5.41, 5.74) is 7.94. The van der Waals surface area contributed by atoms with Gasteiger partial charge in [-0.3, -0.25) is 9.59 Å². The quantitative estimate of drug-likeness (QED) is 0.0731. The predicted octanol–water partition coefficient (Wildman–Crippen LogP) is 6.15. The summed E-state index contributed by atoms with van der Waals surface area (Å²) in [6.07, 6.45) is 14.5. The van der Waals surface area contributed by atoms with E-state index in [4.69, 9.17) is 10.3 Å². The van der Waals surface area contributed by atoms with E-state index in [0.717, 1.165) is 32.1 Å². The van der Waals surface area contributed by atoms with Crippen LogP contribution in [0.25, 0.3) is 10.4 Å². The van der Waals surface area contributed by atoms with E-state index in [2.05, 4.69) is 20.1 Å². The Morgan fingerprint density at radius 3 is 1.76 bits per heavy atom. The van der Waals surface area contributed by atoms with E-state index in [1.54, 1.807) is 0 Å². The molecular formula is C25H46N4O5. The fourth-order valence-corrected chi connectivity index (χ4v) is 3.60. The number of hydrogen-bond acceptors (Lipinski definition) is 6. The van der Waals surface area contributed by atoms with Gasteiger partial charge in [-0.1, -0.05) is 69.3 Å². The highest BCUT2D eigenvalue weighted by Crippen LogP contribution is 2.14. The maximum absolute atomic E-state index is 12.1. The minimum Gasteiger partial charge on any atom is -0.467 e. The fraction of sp³-hybridized carbons (Fsp3) is 0.880. The van der Waals surface area contributed by atoms with Crippen LogP contribution < -0.4 is 5.32 Å². The summed E-state index contributed by atoms with van der Waals surface area (Å²) in [5, 5.41) is 6.06. The van der Waals surface area contributed by atoms with E-state index < -0.39 is 17.6 Å². The highest BCUT2D eigenvalue weighted by Gasteiger charge is 2.20.